The van der Waals surface area contributed by atoms with Crippen molar-refractivity contribution >= 4 is 11.5 Å². The van der Waals surface area contributed by atoms with Gasteiger partial charge >= 0.3 is 0 Å². The molecule has 0 bridgehead atoms. The zero-order chi connectivity index (χ0) is 16.7. The van der Waals surface area contributed by atoms with Gasteiger partial charge < -0.3 is 15.4 Å². The summed E-state index contributed by atoms with van der Waals surface area (Å²) in [4.78, 5) is 12.5. The van der Waals surface area contributed by atoms with Crippen molar-refractivity contribution in [3.8, 4) is 0 Å². The Morgan fingerprint density at radius 1 is 1.39 bits per heavy atom. The van der Waals surface area contributed by atoms with Gasteiger partial charge in [-0.3, -0.25) is 4.79 Å². The van der Waals surface area contributed by atoms with Crippen LogP contribution >= 0.6 is 0 Å². The van der Waals surface area contributed by atoms with Crippen LogP contribution in [0.2, 0.25) is 0 Å². The second-order valence-electron chi connectivity index (χ2n) is 6.48. The minimum atomic E-state index is -0.157. The largest absolute Gasteiger partial charge is 0.382 e. The lowest BCUT2D eigenvalue weighted by molar-refractivity contribution is 0.0944. The van der Waals surface area contributed by atoms with E-state index in [1.54, 1.807) is 0 Å². The molecule has 0 spiro atoms. The Hall–Kier alpha value is -1.39. The summed E-state index contributed by atoms with van der Waals surface area (Å²) < 4.78 is 5.53. The van der Waals surface area contributed by atoms with Crippen molar-refractivity contribution in [1.29, 1.82) is 0 Å². The molecule has 0 saturated carbocycles. The number of unbranched alkanes of at least 4 members (excludes halogenated alkanes) is 1. The van der Waals surface area contributed by atoms with E-state index in [1.807, 2.05) is 25.1 Å². The molecule has 1 aromatic rings. The Bertz CT molecular complexity index is 516. The monoisotopic (exact) mass is 318 g/mol. The normalized spacial score (nSPS) is 17.6. The predicted molar refractivity (Wildman–Crippen MR) is 95.4 cm³/mol. The van der Waals surface area contributed by atoms with Crippen LogP contribution in [-0.2, 0) is 11.2 Å². The van der Waals surface area contributed by atoms with Gasteiger partial charge in [0, 0.05) is 30.5 Å². The van der Waals surface area contributed by atoms with E-state index in [0.717, 1.165) is 44.6 Å². The molecular weight excluding hydrogens is 288 g/mol. The van der Waals surface area contributed by atoms with Gasteiger partial charge in [-0.15, -0.1) is 0 Å². The lowest BCUT2D eigenvalue weighted by Crippen LogP contribution is -2.35. The maximum atomic E-state index is 12.5. The number of hydrogen-bond acceptors (Lipinski definition) is 4. The lowest BCUT2D eigenvalue weighted by Gasteiger charge is -2.13. The van der Waals surface area contributed by atoms with Gasteiger partial charge in [-0.05, 0) is 63.4 Å². The second kappa shape index (κ2) is 9.04. The molecule has 1 aliphatic rings. The molecule has 23 heavy (non-hydrogen) atoms. The number of carbonyl (C=O) groups excluding carboxylic acids is 1. The number of Topliss-reactive ketones (excluding diaryl/α,β-unsaturated/α-hetero) is 1. The van der Waals surface area contributed by atoms with Crippen molar-refractivity contribution in [1.82, 2.24) is 5.32 Å². The van der Waals surface area contributed by atoms with Gasteiger partial charge in [-0.1, -0.05) is 13.3 Å². The number of rotatable bonds is 10. The van der Waals surface area contributed by atoms with Crippen LogP contribution in [0.5, 0.6) is 0 Å². The Labute approximate surface area is 140 Å². The second-order valence-corrected chi connectivity index (χ2v) is 6.48. The molecule has 2 N–H and O–H groups in total. The average Bonchev–Trinajstić information content (AvgIpc) is 2.92. The molecule has 1 heterocycles. The van der Waals surface area contributed by atoms with E-state index >= 15 is 0 Å². The van der Waals surface area contributed by atoms with Crippen LogP contribution in [0.25, 0.3) is 0 Å². The molecule has 128 valence electrons. The topological polar surface area (TPSA) is 50.4 Å². The van der Waals surface area contributed by atoms with Crippen LogP contribution in [0.3, 0.4) is 0 Å². The third kappa shape index (κ3) is 5.33. The van der Waals surface area contributed by atoms with E-state index in [1.165, 1.54) is 17.7 Å². The van der Waals surface area contributed by atoms with Crippen molar-refractivity contribution in [3.05, 3.63) is 29.3 Å². The van der Waals surface area contributed by atoms with Gasteiger partial charge in [0.2, 0.25) is 0 Å². The van der Waals surface area contributed by atoms with Crippen molar-refractivity contribution in [2.24, 2.45) is 0 Å². The van der Waals surface area contributed by atoms with E-state index in [0.29, 0.717) is 6.04 Å². The average molecular weight is 318 g/mol. The molecule has 1 aromatic carbocycles. The molecule has 4 heteroatoms. The fourth-order valence-corrected chi connectivity index (χ4v) is 2.89. The third-order valence-corrected chi connectivity index (χ3v) is 4.27. The maximum absolute atomic E-state index is 12.5. The number of nitrogens with one attached hydrogen (secondary N) is 2. The van der Waals surface area contributed by atoms with Crippen molar-refractivity contribution in [2.45, 2.75) is 58.5 Å². The summed E-state index contributed by atoms with van der Waals surface area (Å²) in [6, 6.07) is 6.30. The van der Waals surface area contributed by atoms with Gasteiger partial charge in [-0.25, -0.2) is 0 Å². The number of ether oxygens (including phenoxy) is 1. The Morgan fingerprint density at radius 2 is 2.17 bits per heavy atom. The molecule has 0 amide bonds. The fraction of sp³-hybridized carbons (Fsp3) is 0.632. The Morgan fingerprint density at radius 3 is 2.96 bits per heavy atom. The first-order chi connectivity index (χ1) is 11.1. The first-order valence-corrected chi connectivity index (χ1v) is 8.86. The molecule has 0 aliphatic carbocycles. The highest BCUT2D eigenvalue weighted by atomic mass is 16.5. The predicted octanol–water partition coefficient (Wildman–Crippen LogP) is 3.41. The standard InChI is InChI=1S/C19H30N2O2/c1-4-5-10-23-11-6-9-20-15(3)19(22)16-7-8-18-17(13-16)12-14(2)21-18/h7-8,13-15,20-21H,4-6,9-12H2,1-3H3. The minimum Gasteiger partial charge on any atom is -0.382 e. The molecule has 2 unspecified atom stereocenters. The van der Waals surface area contributed by atoms with Gasteiger partial charge in [0.25, 0.3) is 0 Å². The first kappa shape index (κ1) is 18.0. The number of benzene rings is 1. The summed E-state index contributed by atoms with van der Waals surface area (Å²) in [6.45, 7) is 8.67. The Balaban J connectivity index is 1.74. The number of fused-ring (bicyclic) bond motifs is 1. The van der Waals surface area contributed by atoms with E-state index in [4.69, 9.17) is 4.74 Å². The molecule has 2 atom stereocenters. The van der Waals surface area contributed by atoms with E-state index in [9.17, 15) is 4.79 Å². The quantitative estimate of drug-likeness (QED) is 0.513. The van der Waals surface area contributed by atoms with Crippen LogP contribution in [0, 0.1) is 0 Å². The van der Waals surface area contributed by atoms with E-state index in [-0.39, 0.29) is 11.8 Å². The van der Waals surface area contributed by atoms with Crippen LogP contribution in [0.4, 0.5) is 5.69 Å². The van der Waals surface area contributed by atoms with Crippen LogP contribution in [-0.4, -0.2) is 37.6 Å². The van der Waals surface area contributed by atoms with Crippen LogP contribution < -0.4 is 10.6 Å². The molecule has 0 aromatic heterocycles. The van der Waals surface area contributed by atoms with E-state index in [2.05, 4.69) is 24.5 Å². The van der Waals surface area contributed by atoms with Crippen molar-refractivity contribution in [2.75, 3.05) is 25.1 Å². The molecule has 0 saturated heterocycles. The zero-order valence-corrected chi connectivity index (χ0v) is 14.7. The van der Waals surface area contributed by atoms with Crippen molar-refractivity contribution in [3.63, 3.8) is 0 Å². The van der Waals surface area contributed by atoms with Crippen LogP contribution in [0.1, 0.15) is 56.0 Å². The summed E-state index contributed by atoms with van der Waals surface area (Å²) in [5.74, 6) is 0.166. The number of anilines is 1. The van der Waals surface area contributed by atoms with Crippen LogP contribution in [0.15, 0.2) is 18.2 Å². The number of hydrogen-bond donors (Lipinski definition) is 2. The maximum Gasteiger partial charge on any atom is 0.179 e. The molecule has 1 aliphatic heterocycles. The third-order valence-electron chi connectivity index (χ3n) is 4.27. The number of ketones is 1. The Kier molecular flexibility index (Phi) is 7.06. The molecule has 2 rings (SSSR count). The molecule has 0 fully saturated rings. The lowest BCUT2D eigenvalue weighted by atomic mass is 10.0. The minimum absolute atomic E-state index is 0.157. The molecular formula is C19H30N2O2. The van der Waals surface area contributed by atoms with Gasteiger partial charge in [0.05, 0.1) is 6.04 Å². The highest BCUT2D eigenvalue weighted by Crippen LogP contribution is 2.26. The smallest absolute Gasteiger partial charge is 0.179 e. The first-order valence-electron chi connectivity index (χ1n) is 8.86. The summed E-state index contributed by atoms with van der Waals surface area (Å²) >= 11 is 0. The van der Waals surface area contributed by atoms with Gasteiger partial charge in [-0.2, -0.15) is 0 Å². The zero-order valence-electron chi connectivity index (χ0n) is 14.7. The SMILES string of the molecule is CCCCOCCCNC(C)C(=O)c1ccc2c(c1)CC(C)N2. The highest BCUT2D eigenvalue weighted by Gasteiger charge is 2.20. The fourth-order valence-electron chi connectivity index (χ4n) is 2.89. The van der Waals surface area contributed by atoms with Gasteiger partial charge in [0.15, 0.2) is 5.78 Å². The van der Waals surface area contributed by atoms with E-state index < -0.39 is 0 Å². The number of carbonyl (C=O) groups is 1. The summed E-state index contributed by atoms with van der Waals surface area (Å²) in [5.41, 5.74) is 3.22. The molecule has 4 nitrogen and oxygen atoms in total. The highest BCUT2D eigenvalue weighted by molar-refractivity contribution is 6.00. The van der Waals surface area contributed by atoms with Crippen molar-refractivity contribution < 1.29 is 9.53 Å². The summed E-state index contributed by atoms with van der Waals surface area (Å²) in [5, 5.41) is 6.72. The summed E-state index contributed by atoms with van der Waals surface area (Å²) in [6.07, 6.45) is 4.22. The van der Waals surface area contributed by atoms with Gasteiger partial charge in [0.1, 0.15) is 0 Å². The summed E-state index contributed by atoms with van der Waals surface area (Å²) in [7, 11) is 0. The molecule has 0 radical (unpaired) electrons.